The molecule has 0 aliphatic heterocycles. The van der Waals surface area contributed by atoms with Crippen LogP contribution in [0.3, 0.4) is 0 Å². The van der Waals surface area contributed by atoms with E-state index in [1.807, 2.05) is 0 Å². The van der Waals surface area contributed by atoms with Gasteiger partial charge in [-0.25, -0.2) is 0 Å². The van der Waals surface area contributed by atoms with Crippen LogP contribution in [0, 0.1) is 0 Å². The van der Waals surface area contributed by atoms with E-state index in [9.17, 15) is 0 Å². The molecule has 1 aliphatic rings. The van der Waals surface area contributed by atoms with Gasteiger partial charge in [0.1, 0.15) is 8.07 Å². The Kier molecular flexibility index (Phi) is 4.86. The number of rotatable bonds is 4. The SMILES string of the molecule is CC1=C(C)C([Si](c2ccccc2)(C(C)C)C(C)C)C(C)=C1C. The van der Waals surface area contributed by atoms with Crippen molar-refractivity contribution in [1.29, 1.82) is 0 Å². The first kappa shape index (κ1) is 17.3. The molecule has 1 heteroatoms. The molecule has 0 spiro atoms. The molecule has 0 fully saturated rings. The van der Waals surface area contributed by atoms with Crippen LogP contribution in [0.1, 0.15) is 55.4 Å². The van der Waals surface area contributed by atoms with Crippen molar-refractivity contribution in [3.63, 3.8) is 0 Å². The summed E-state index contributed by atoms with van der Waals surface area (Å²) in [5.74, 6) is 0. The van der Waals surface area contributed by atoms with Crippen molar-refractivity contribution < 1.29 is 0 Å². The standard InChI is InChI=1S/C21H32Si/c1-14(2)22(15(3)4,20-12-10-9-11-13-20)21-18(7)16(5)17(6)19(21)8/h9-15,21H,1-8H3. The van der Waals surface area contributed by atoms with Gasteiger partial charge in [0.05, 0.1) is 0 Å². The van der Waals surface area contributed by atoms with Gasteiger partial charge in [-0.2, -0.15) is 0 Å². The zero-order valence-electron chi connectivity index (χ0n) is 15.6. The second-order valence-corrected chi connectivity index (χ2v) is 13.0. The van der Waals surface area contributed by atoms with Crippen LogP contribution in [0.5, 0.6) is 0 Å². The highest BCUT2D eigenvalue weighted by molar-refractivity contribution is 6.96. The predicted octanol–water partition coefficient (Wildman–Crippen LogP) is 6.22. The van der Waals surface area contributed by atoms with Gasteiger partial charge in [0.25, 0.3) is 0 Å². The lowest BCUT2D eigenvalue weighted by atomic mass is 10.1. The zero-order chi connectivity index (χ0) is 16.7. The van der Waals surface area contributed by atoms with E-state index in [0.717, 1.165) is 11.1 Å². The number of hydrogen-bond donors (Lipinski definition) is 0. The molecule has 0 unspecified atom stereocenters. The van der Waals surface area contributed by atoms with Crippen molar-refractivity contribution in [3.05, 3.63) is 52.6 Å². The topological polar surface area (TPSA) is 0 Å². The normalized spacial score (nSPS) is 17.4. The minimum Gasteiger partial charge on any atom is -0.0653 e. The third kappa shape index (κ3) is 2.34. The summed E-state index contributed by atoms with van der Waals surface area (Å²) in [6.07, 6.45) is 0. The highest BCUT2D eigenvalue weighted by atomic mass is 28.3. The molecule has 2 rings (SSSR count). The highest BCUT2D eigenvalue weighted by Crippen LogP contribution is 2.53. The maximum absolute atomic E-state index is 2.46. The van der Waals surface area contributed by atoms with Gasteiger partial charge in [-0.3, -0.25) is 0 Å². The van der Waals surface area contributed by atoms with Gasteiger partial charge in [0, 0.05) is 5.54 Å². The summed E-state index contributed by atoms with van der Waals surface area (Å²) in [4.78, 5) is 0. The molecule has 0 bridgehead atoms. The summed E-state index contributed by atoms with van der Waals surface area (Å²) in [5.41, 5.74) is 8.45. The summed E-state index contributed by atoms with van der Waals surface area (Å²) in [6.45, 7) is 19.2. The molecule has 1 aliphatic carbocycles. The highest BCUT2D eigenvalue weighted by Gasteiger charge is 2.51. The van der Waals surface area contributed by atoms with Crippen LogP contribution in [0.25, 0.3) is 0 Å². The van der Waals surface area contributed by atoms with Crippen LogP contribution in [0.2, 0.25) is 16.6 Å². The van der Waals surface area contributed by atoms with Crippen molar-refractivity contribution in [3.8, 4) is 0 Å². The van der Waals surface area contributed by atoms with Gasteiger partial charge < -0.3 is 0 Å². The van der Waals surface area contributed by atoms with Gasteiger partial charge >= 0.3 is 0 Å². The van der Waals surface area contributed by atoms with Gasteiger partial charge in [-0.1, -0.05) is 74.4 Å². The fraction of sp³-hybridized carbons (Fsp3) is 0.524. The van der Waals surface area contributed by atoms with Crippen LogP contribution in [0.4, 0.5) is 0 Å². The molecule has 0 atom stereocenters. The molecule has 1 aromatic rings. The smallest absolute Gasteiger partial charge is 0.0653 e. The first-order chi connectivity index (χ1) is 10.3. The molecule has 0 nitrogen and oxygen atoms in total. The first-order valence-electron chi connectivity index (χ1n) is 8.66. The molecular formula is C21H32Si. The Hall–Kier alpha value is -1.08. The Labute approximate surface area is 138 Å². The summed E-state index contributed by atoms with van der Waals surface area (Å²) in [7, 11) is -1.72. The van der Waals surface area contributed by atoms with E-state index in [0.29, 0.717) is 5.54 Å². The Bertz CT molecular complexity index is 570. The van der Waals surface area contributed by atoms with Crippen molar-refractivity contribution in [1.82, 2.24) is 0 Å². The van der Waals surface area contributed by atoms with E-state index in [-0.39, 0.29) is 0 Å². The van der Waals surface area contributed by atoms with Crippen molar-refractivity contribution in [2.24, 2.45) is 0 Å². The number of benzene rings is 1. The third-order valence-electron chi connectivity index (χ3n) is 6.27. The average molecular weight is 313 g/mol. The van der Waals surface area contributed by atoms with Crippen molar-refractivity contribution in [2.75, 3.05) is 0 Å². The van der Waals surface area contributed by atoms with E-state index in [4.69, 9.17) is 0 Å². The molecular weight excluding hydrogens is 280 g/mol. The fourth-order valence-corrected chi connectivity index (χ4v) is 11.9. The fourth-order valence-electron chi connectivity index (χ4n) is 4.96. The Morgan fingerprint density at radius 3 is 1.50 bits per heavy atom. The zero-order valence-corrected chi connectivity index (χ0v) is 16.6. The van der Waals surface area contributed by atoms with E-state index in [2.05, 4.69) is 85.7 Å². The summed E-state index contributed by atoms with van der Waals surface area (Å²) in [6, 6.07) is 11.4. The van der Waals surface area contributed by atoms with Crippen molar-refractivity contribution in [2.45, 2.75) is 72.0 Å². The molecule has 120 valence electrons. The van der Waals surface area contributed by atoms with E-state index >= 15 is 0 Å². The summed E-state index contributed by atoms with van der Waals surface area (Å²) < 4.78 is 0. The lowest BCUT2D eigenvalue weighted by Crippen LogP contribution is -2.57. The Balaban J connectivity index is 2.77. The van der Waals surface area contributed by atoms with Gasteiger partial charge in [-0.05, 0) is 49.9 Å². The monoisotopic (exact) mass is 312 g/mol. The minimum atomic E-state index is -1.72. The number of allylic oxidation sites excluding steroid dienone is 4. The maximum atomic E-state index is 2.46. The second-order valence-electron chi connectivity index (χ2n) is 7.66. The Morgan fingerprint density at radius 2 is 1.14 bits per heavy atom. The van der Waals surface area contributed by atoms with Crippen LogP contribution < -0.4 is 5.19 Å². The van der Waals surface area contributed by atoms with Crippen molar-refractivity contribution >= 4 is 13.3 Å². The predicted molar refractivity (Wildman–Crippen MR) is 103 cm³/mol. The van der Waals surface area contributed by atoms with E-state index in [1.54, 1.807) is 16.3 Å². The molecule has 1 aromatic carbocycles. The molecule has 0 aromatic heterocycles. The summed E-state index contributed by atoms with van der Waals surface area (Å²) >= 11 is 0. The Morgan fingerprint density at radius 1 is 0.727 bits per heavy atom. The molecule has 22 heavy (non-hydrogen) atoms. The van der Waals surface area contributed by atoms with Crippen LogP contribution in [-0.4, -0.2) is 8.07 Å². The maximum Gasteiger partial charge on any atom is 0.103 e. The number of hydrogen-bond acceptors (Lipinski definition) is 0. The molecule has 0 saturated carbocycles. The summed E-state index contributed by atoms with van der Waals surface area (Å²) in [5, 5.41) is 1.63. The average Bonchev–Trinajstić information content (AvgIpc) is 2.66. The van der Waals surface area contributed by atoms with Crippen LogP contribution >= 0.6 is 0 Å². The molecule has 0 heterocycles. The van der Waals surface area contributed by atoms with Gasteiger partial charge in [-0.15, -0.1) is 0 Å². The lowest BCUT2D eigenvalue weighted by molar-refractivity contribution is 0.858. The first-order valence-corrected chi connectivity index (χ1v) is 10.9. The van der Waals surface area contributed by atoms with Crippen LogP contribution in [-0.2, 0) is 0 Å². The minimum absolute atomic E-state index is 0.662. The molecule has 0 N–H and O–H groups in total. The van der Waals surface area contributed by atoms with E-state index in [1.165, 1.54) is 11.1 Å². The van der Waals surface area contributed by atoms with E-state index < -0.39 is 8.07 Å². The second kappa shape index (κ2) is 6.20. The van der Waals surface area contributed by atoms with Gasteiger partial charge in [0.2, 0.25) is 0 Å². The van der Waals surface area contributed by atoms with Crippen LogP contribution in [0.15, 0.2) is 52.6 Å². The largest absolute Gasteiger partial charge is 0.103 e. The molecule has 0 amide bonds. The lowest BCUT2D eigenvalue weighted by Gasteiger charge is -2.46. The molecule has 0 saturated heterocycles. The molecule has 0 radical (unpaired) electrons. The quantitative estimate of drug-likeness (QED) is 0.579. The van der Waals surface area contributed by atoms with Gasteiger partial charge in [0.15, 0.2) is 0 Å². The third-order valence-corrected chi connectivity index (χ3v) is 13.2.